The van der Waals surface area contributed by atoms with Crippen molar-refractivity contribution in [2.24, 2.45) is 0 Å². The summed E-state index contributed by atoms with van der Waals surface area (Å²) in [7, 11) is 0. The van der Waals surface area contributed by atoms with Gasteiger partial charge in [-0.05, 0) is 31.2 Å². The standard InChI is InChI=1S/C21H14N4S/c1-13-20-19(25-21(24-13)18-8-4-5-9-22-18)16(12-26-20)15-10-14-6-2-3-7-17(14)23-11-15/h2-12H,1H3. The molecule has 0 aliphatic heterocycles. The minimum absolute atomic E-state index is 0.656. The number of hydrogen-bond donors (Lipinski definition) is 0. The van der Waals surface area contributed by atoms with Crippen LogP contribution in [0.4, 0.5) is 0 Å². The molecule has 0 radical (unpaired) electrons. The number of aryl methyl sites for hydroxylation is 1. The van der Waals surface area contributed by atoms with E-state index >= 15 is 0 Å². The van der Waals surface area contributed by atoms with Crippen molar-refractivity contribution >= 4 is 32.5 Å². The highest BCUT2D eigenvalue weighted by molar-refractivity contribution is 7.17. The third-order valence-corrected chi connectivity index (χ3v) is 5.46. The molecule has 0 saturated heterocycles. The monoisotopic (exact) mass is 354 g/mol. The summed E-state index contributed by atoms with van der Waals surface area (Å²) < 4.78 is 1.10. The molecule has 5 rings (SSSR count). The largest absolute Gasteiger partial charge is 0.256 e. The van der Waals surface area contributed by atoms with E-state index in [0.29, 0.717) is 5.82 Å². The zero-order valence-corrected chi connectivity index (χ0v) is 14.9. The van der Waals surface area contributed by atoms with E-state index in [1.807, 2.05) is 49.5 Å². The van der Waals surface area contributed by atoms with Gasteiger partial charge in [-0.1, -0.05) is 24.3 Å². The maximum absolute atomic E-state index is 4.83. The summed E-state index contributed by atoms with van der Waals surface area (Å²) in [6.45, 7) is 2.02. The zero-order valence-electron chi connectivity index (χ0n) is 14.0. The van der Waals surface area contributed by atoms with Crippen LogP contribution in [0.1, 0.15) is 5.69 Å². The van der Waals surface area contributed by atoms with E-state index in [2.05, 4.69) is 32.5 Å². The van der Waals surface area contributed by atoms with E-state index in [1.165, 1.54) is 0 Å². The Morgan fingerprint density at radius 3 is 2.69 bits per heavy atom. The maximum Gasteiger partial charge on any atom is 0.179 e. The third-order valence-electron chi connectivity index (χ3n) is 4.38. The van der Waals surface area contributed by atoms with Gasteiger partial charge >= 0.3 is 0 Å². The average Bonchev–Trinajstić information content (AvgIpc) is 3.13. The van der Waals surface area contributed by atoms with Gasteiger partial charge in [0.25, 0.3) is 0 Å². The van der Waals surface area contributed by atoms with E-state index in [0.717, 1.165) is 43.6 Å². The highest BCUT2D eigenvalue weighted by Crippen LogP contribution is 2.35. The number of pyridine rings is 2. The van der Waals surface area contributed by atoms with Gasteiger partial charge in [-0.2, -0.15) is 0 Å². The average molecular weight is 354 g/mol. The summed E-state index contributed by atoms with van der Waals surface area (Å²) in [5.74, 6) is 0.656. The van der Waals surface area contributed by atoms with Gasteiger partial charge in [-0.15, -0.1) is 11.3 Å². The molecule has 0 spiro atoms. The van der Waals surface area contributed by atoms with E-state index < -0.39 is 0 Å². The van der Waals surface area contributed by atoms with Crippen LogP contribution in [-0.4, -0.2) is 19.9 Å². The Kier molecular flexibility index (Phi) is 3.47. The van der Waals surface area contributed by atoms with E-state index in [-0.39, 0.29) is 0 Å². The number of hydrogen-bond acceptors (Lipinski definition) is 5. The van der Waals surface area contributed by atoms with E-state index in [4.69, 9.17) is 4.98 Å². The summed E-state index contributed by atoms with van der Waals surface area (Å²) >= 11 is 1.67. The van der Waals surface area contributed by atoms with Crippen molar-refractivity contribution in [2.75, 3.05) is 0 Å². The molecule has 0 fully saturated rings. The lowest BCUT2D eigenvalue weighted by Gasteiger charge is -2.05. The molecule has 5 heteroatoms. The van der Waals surface area contributed by atoms with Crippen molar-refractivity contribution in [2.45, 2.75) is 6.92 Å². The summed E-state index contributed by atoms with van der Waals surface area (Å²) in [4.78, 5) is 18.5. The summed E-state index contributed by atoms with van der Waals surface area (Å²) in [5, 5.41) is 3.26. The Morgan fingerprint density at radius 1 is 0.923 bits per heavy atom. The van der Waals surface area contributed by atoms with Gasteiger partial charge in [0.1, 0.15) is 5.69 Å². The van der Waals surface area contributed by atoms with Crippen LogP contribution in [0.5, 0.6) is 0 Å². The fourth-order valence-corrected chi connectivity index (χ4v) is 4.06. The molecule has 0 unspecified atom stereocenters. The first-order valence-corrected chi connectivity index (χ1v) is 9.20. The van der Waals surface area contributed by atoms with Gasteiger partial charge in [0.05, 0.1) is 21.4 Å². The lowest BCUT2D eigenvalue weighted by molar-refractivity contribution is 1.14. The number of thiophene rings is 1. The maximum atomic E-state index is 4.83. The van der Waals surface area contributed by atoms with Crippen LogP contribution in [0, 0.1) is 6.92 Å². The van der Waals surface area contributed by atoms with Crippen molar-refractivity contribution < 1.29 is 0 Å². The van der Waals surface area contributed by atoms with E-state index in [9.17, 15) is 0 Å². The molecule has 4 aromatic heterocycles. The van der Waals surface area contributed by atoms with Crippen molar-refractivity contribution in [1.82, 2.24) is 19.9 Å². The molecule has 0 atom stereocenters. The van der Waals surface area contributed by atoms with Gasteiger partial charge in [0.15, 0.2) is 5.82 Å². The molecule has 0 amide bonds. The lowest BCUT2D eigenvalue weighted by atomic mass is 10.1. The van der Waals surface area contributed by atoms with Gasteiger partial charge < -0.3 is 0 Å². The van der Waals surface area contributed by atoms with Crippen LogP contribution in [0.2, 0.25) is 0 Å². The second-order valence-electron chi connectivity index (χ2n) is 6.09. The van der Waals surface area contributed by atoms with Crippen LogP contribution < -0.4 is 0 Å². The predicted molar refractivity (Wildman–Crippen MR) is 106 cm³/mol. The smallest absolute Gasteiger partial charge is 0.179 e. The number of nitrogens with zero attached hydrogens (tertiary/aromatic N) is 4. The molecule has 0 aliphatic rings. The molecule has 124 valence electrons. The summed E-state index contributed by atoms with van der Waals surface area (Å²) in [6.07, 6.45) is 3.68. The molecule has 26 heavy (non-hydrogen) atoms. The highest BCUT2D eigenvalue weighted by Gasteiger charge is 2.14. The minimum atomic E-state index is 0.656. The fraction of sp³-hybridized carbons (Fsp3) is 0.0476. The Morgan fingerprint density at radius 2 is 1.81 bits per heavy atom. The molecular formula is C21H14N4S. The molecule has 5 aromatic rings. The van der Waals surface area contributed by atoms with Crippen molar-refractivity contribution in [3.8, 4) is 22.6 Å². The zero-order chi connectivity index (χ0) is 17.5. The second-order valence-corrected chi connectivity index (χ2v) is 6.97. The summed E-state index contributed by atoms with van der Waals surface area (Å²) in [6, 6.07) is 16.1. The van der Waals surface area contributed by atoms with Gasteiger partial charge in [-0.3, -0.25) is 9.97 Å². The molecule has 4 nitrogen and oxygen atoms in total. The highest BCUT2D eigenvalue weighted by atomic mass is 32.1. The number of benzene rings is 1. The van der Waals surface area contributed by atoms with Crippen LogP contribution in [-0.2, 0) is 0 Å². The second kappa shape index (κ2) is 5.97. The first-order chi connectivity index (χ1) is 12.8. The SMILES string of the molecule is Cc1nc(-c2ccccn2)nc2c(-c3cnc4ccccc4c3)csc12. The lowest BCUT2D eigenvalue weighted by Crippen LogP contribution is -1.94. The molecule has 0 N–H and O–H groups in total. The first kappa shape index (κ1) is 15.1. The molecule has 0 saturated carbocycles. The quantitative estimate of drug-likeness (QED) is 0.433. The third kappa shape index (κ3) is 2.45. The van der Waals surface area contributed by atoms with Crippen LogP contribution >= 0.6 is 11.3 Å². The predicted octanol–water partition coefficient (Wildman–Crippen LogP) is 5.28. The Labute approximate surface area is 154 Å². The van der Waals surface area contributed by atoms with Gasteiger partial charge in [0, 0.05) is 34.3 Å². The van der Waals surface area contributed by atoms with Crippen LogP contribution in [0.15, 0.2) is 66.3 Å². The number of aromatic nitrogens is 4. The summed E-state index contributed by atoms with van der Waals surface area (Å²) in [5.41, 5.74) is 5.87. The van der Waals surface area contributed by atoms with Crippen LogP contribution in [0.25, 0.3) is 43.8 Å². The number of para-hydroxylation sites is 1. The van der Waals surface area contributed by atoms with E-state index in [1.54, 1.807) is 17.5 Å². The Bertz CT molecular complexity index is 1250. The van der Waals surface area contributed by atoms with Crippen molar-refractivity contribution in [1.29, 1.82) is 0 Å². The minimum Gasteiger partial charge on any atom is -0.256 e. The van der Waals surface area contributed by atoms with Gasteiger partial charge in [-0.25, -0.2) is 9.97 Å². The topological polar surface area (TPSA) is 51.6 Å². The Hall–Kier alpha value is -3.18. The molecule has 1 aromatic carbocycles. The number of fused-ring (bicyclic) bond motifs is 2. The van der Waals surface area contributed by atoms with Crippen LogP contribution in [0.3, 0.4) is 0 Å². The Balaban J connectivity index is 1.73. The van der Waals surface area contributed by atoms with Crippen molar-refractivity contribution in [3.05, 3.63) is 72.0 Å². The molecule has 4 heterocycles. The molecular weight excluding hydrogens is 340 g/mol. The first-order valence-electron chi connectivity index (χ1n) is 8.32. The number of rotatable bonds is 2. The fourth-order valence-electron chi connectivity index (χ4n) is 3.09. The molecule has 0 bridgehead atoms. The van der Waals surface area contributed by atoms with Crippen molar-refractivity contribution in [3.63, 3.8) is 0 Å². The molecule has 0 aliphatic carbocycles. The normalized spacial score (nSPS) is 11.3. The van der Waals surface area contributed by atoms with Gasteiger partial charge in [0.2, 0.25) is 0 Å².